The van der Waals surface area contributed by atoms with Crippen molar-refractivity contribution in [2.75, 3.05) is 16.4 Å². The van der Waals surface area contributed by atoms with Gasteiger partial charge in [-0.3, -0.25) is 19.7 Å². The van der Waals surface area contributed by atoms with Gasteiger partial charge in [0.25, 0.3) is 11.6 Å². The summed E-state index contributed by atoms with van der Waals surface area (Å²) in [6.07, 6.45) is -4.58. The third-order valence-corrected chi connectivity index (χ3v) is 5.67. The summed E-state index contributed by atoms with van der Waals surface area (Å²) in [6, 6.07) is 14.4. The molecule has 0 aliphatic carbocycles. The van der Waals surface area contributed by atoms with Gasteiger partial charge in [-0.2, -0.15) is 13.2 Å². The molecule has 0 atom stereocenters. The Labute approximate surface area is 200 Å². The van der Waals surface area contributed by atoms with E-state index in [0.29, 0.717) is 10.6 Å². The molecule has 0 aliphatic rings. The first kappa shape index (κ1) is 25.1. The van der Waals surface area contributed by atoms with Crippen molar-refractivity contribution in [3.63, 3.8) is 0 Å². The lowest BCUT2D eigenvalue weighted by Crippen LogP contribution is -2.15. The highest BCUT2D eigenvalue weighted by atomic mass is 35.5. The lowest BCUT2D eigenvalue weighted by atomic mass is 10.2. The highest BCUT2D eigenvalue weighted by Crippen LogP contribution is 2.34. The van der Waals surface area contributed by atoms with Crippen molar-refractivity contribution in [1.82, 2.24) is 0 Å². The summed E-state index contributed by atoms with van der Waals surface area (Å²) < 4.78 is 38.6. The number of rotatable bonds is 7. The standard InChI is InChI=1S/C22H15ClF3N3O4S/c23-18-8-7-14(22(24,25)26)10-19(18)28-20(30)12-34-17-6-2-4-15(11-17)27-21(31)13-3-1-5-16(9-13)29(32)33/h1-11H,12H2,(H,27,31)(H,28,30). The van der Waals surface area contributed by atoms with Gasteiger partial charge in [0.05, 0.1) is 26.9 Å². The van der Waals surface area contributed by atoms with Crippen molar-refractivity contribution >= 4 is 52.2 Å². The summed E-state index contributed by atoms with van der Waals surface area (Å²) in [4.78, 5) is 35.5. The number of nitrogens with zero attached hydrogens (tertiary/aromatic N) is 1. The number of hydrogen-bond acceptors (Lipinski definition) is 5. The maximum absolute atomic E-state index is 12.9. The molecule has 3 rings (SSSR count). The van der Waals surface area contributed by atoms with Gasteiger partial charge in [-0.15, -0.1) is 11.8 Å². The topological polar surface area (TPSA) is 101 Å². The Bertz CT molecular complexity index is 1250. The maximum atomic E-state index is 12.9. The summed E-state index contributed by atoms with van der Waals surface area (Å²) in [5.41, 5.74) is -0.816. The van der Waals surface area contributed by atoms with Crippen molar-refractivity contribution in [3.8, 4) is 0 Å². The number of alkyl halides is 3. The van der Waals surface area contributed by atoms with Gasteiger partial charge in [-0.05, 0) is 42.5 Å². The molecule has 2 N–H and O–H groups in total. The second-order valence-electron chi connectivity index (χ2n) is 6.82. The number of benzene rings is 3. The lowest BCUT2D eigenvalue weighted by molar-refractivity contribution is -0.384. The molecule has 3 aromatic rings. The average Bonchev–Trinajstić information content (AvgIpc) is 2.78. The molecule has 0 fully saturated rings. The normalized spacial score (nSPS) is 11.1. The fraction of sp³-hybridized carbons (Fsp3) is 0.0909. The molecule has 0 saturated heterocycles. The van der Waals surface area contributed by atoms with Gasteiger partial charge in [0, 0.05) is 28.3 Å². The van der Waals surface area contributed by atoms with Gasteiger partial charge >= 0.3 is 6.18 Å². The minimum atomic E-state index is -4.58. The quantitative estimate of drug-likeness (QED) is 0.223. The first-order valence-corrected chi connectivity index (χ1v) is 10.8. The van der Waals surface area contributed by atoms with Crippen LogP contribution in [-0.4, -0.2) is 22.5 Å². The Kier molecular flexibility index (Phi) is 7.79. The van der Waals surface area contributed by atoms with E-state index in [1.54, 1.807) is 24.3 Å². The van der Waals surface area contributed by atoms with Gasteiger partial charge in [-0.25, -0.2) is 0 Å². The SMILES string of the molecule is O=C(CSc1cccc(NC(=O)c2cccc([N+](=O)[O-])c2)c1)Nc1cc(C(F)(F)F)ccc1Cl. The Balaban J connectivity index is 1.62. The largest absolute Gasteiger partial charge is 0.416 e. The van der Waals surface area contributed by atoms with Crippen LogP contribution in [0.5, 0.6) is 0 Å². The predicted molar refractivity (Wildman–Crippen MR) is 123 cm³/mol. The van der Waals surface area contributed by atoms with E-state index in [1.807, 2.05) is 0 Å². The van der Waals surface area contributed by atoms with Crippen LogP contribution in [0.1, 0.15) is 15.9 Å². The van der Waals surface area contributed by atoms with E-state index in [0.717, 1.165) is 36.0 Å². The molecule has 2 amide bonds. The predicted octanol–water partition coefficient (Wildman–Crippen LogP) is 6.25. The van der Waals surface area contributed by atoms with E-state index in [1.165, 1.54) is 18.2 Å². The Hall–Kier alpha value is -3.57. The van der Waals surface area contributed by atoms with Crippen molar-refractivity contribution in [2.24, 2.45) is 0 Å². The molecule has 0 aromatic heterocycles. The number of nitrogens with one attached hydrogen (secondary N) is 2. The molecule has 0 saturated carbocycles. The first-order chi connectivity index (χ1) is 16.0. The van der Waals surface area contributed by atoms with Crippen molar-refractivity contribution in [1.29, 1.82) is 0 Å². The molecule has 0 aliphatic heterocycles. The molecule has 3 aromatic carbocycles. The Morgan fingerprint density at radius 3 is 2.44 bits per heavy atom. The molecule has 0 bridgehead atoms. The van der Waals surface area contributed by atoms with Crippen LogP contribution in [-0.2, 0) is 11.0 Å². The van der Waals surface area contributed by atoms with Gasteiger partial charge in [0.1, 0.15) is 0 Å². The zero-order valence-electron chi connectivity index (χ0n) is 17.1. The minimum absolute atomic E-state index is 0.0304. The van der Waals surface area contributed by atoms with E-state index in [2.05, 4.69) is 10.6 Å². The van der Waals surface area contributed by atoms with E-state index in [-0.39, 0.29) is 27.7 Å². The van der Waals surface area contributed by atoms with Crippen LogP contribution in [0.15, 0.2) is 71.6 Å². The lowest BCUT2D eigenvalue weighted by Gasteiger charge is -2.12. The van der Waals surface area contributed by atoms with Crippen LogP contribution < -0.4 is 10.6 Å². The summed E-state index contributed by atoms with van der Waals surface area (Å²) in [5.74, 6) is -1.26. The Morgan fingerprint density at radius 1 is 1.00 bits per heavy atom. The molecule has 34 heavy (non-hydrogen) atoms. The van der Waals surface area contributed by atoms with Crippen molar-refractivity contribution < 1.29 is 27.7 Å². The van der Waals surface area contributed by atoms with Gasteiger partial charge in [0.2, 0.25) is 5.91 Å². The van der Waals surface area contributed by atoms with Crippen molar-refractivity contribution in [2.45, 2.75) is 11.1 Å². The second-order valence-corrected chi connectivity index (χ2v) is 8.27. The summed E-state index contributed by atoms with van der Waals surface area (Å²) >= 11 is 6.98. The molecular weight excluding hydrogens is 495 g/mol. The molecule has 176 valence electrons. The van der Waals surface area contributed by atoms with E-state index < -0.39 is 28.5 Å². The smallest absolute Gasteiger partial charge is 0.324 e. The van der Waals surface area contributed by atoms with Crippen LogP contribution in [0.2, 0.25) is 5.02 Å². The van der Waals surface area contributed by atoms with Gasteiger partial charge in [0.15, 0.2) is 0 Å². The van der Waals surface area contributed by atoms with Gasteiger partial charge in [-0.1, -0.05) is 23.7 Å². The maximum Gasteiger partial charge on any atom is 0.416 e. The molecular formula is C22H15ClF3N3O4S. The zero-order valence-corrected chi connectivity index (χ0v) is 18.6. The second kappa shape index (κ2) is 10.6. The number of nitro benzene ring substituents is 1. The zero-order chi connectivity index (χ0) is 24.9. The van der Waals surface area contributed by atoms with Crippen LogP contribution in [0, 0.1) is 10.1 Å². The van der Waals surface area contributed by atoms with Crippen LogP contribution in [0.4, 0.5) is 30.2 Å². The van der Waals surface area contributed by atoms with Crippen molar-refractivity contribution in [3.05, 3.63) is 93.0 Å². The highest BCUT2D eigenvalue weighted by Gasteiger charge is 2.31. The number of thioether (sulfide) groups is 1. The number of amides is 2. The number of nitro groups is 1. The molecule has 0 spiro atoms. The molecule has 7 nitrogen and oxygen atoms in total. The number of carbonyl (C=O) groups excluding carboxylic acids is 2. The van der Waals surface area contributed by atoms with E-state index in [9.17, 15) is 32.9 Å². The molecule has 0 unspecified atom stereocenters. The number of anilines is 2. The van der Waals surface area contributed by atoms with Gasteiger partial charge < -0.3 is 10.6 Å². The number of non-ortho nitro benzene ring substituents is 1. The summed E-state index contributed by atoms with van der Waals surface area (Å²) in [7, 11) is 0. The third-order valence-electron chi connectivity index (χ3n) is 4.35. The molecule has 12 heteroatoms. The fourth-order valence-corrected chi connectivity index (χ4v) is 3.68. The molecule has 0 heterocycles. The van der Waals surface area contributed by atoms with Crippen LogP contribution >= 0.6 is 23.4 Å². The number of hydrogen-bond donors (Lipinski definition) is 2. The number of carbonyl (C=O) groups is 2. The highest BCUT2D eigenvalue weighted by molar-refractivity contribution is 8.00. The summed E-state index contributed by atoms with van der Waals surface area (Å²) in [5, 5.41) is 15.8. The monoisotopic (exact) mass is 509 g/mol. The Morgan fingerprint density at radius 2 is 1.74 bits per heavy atom. The average molecular weight is 510 g/mol. The van der Waals surface area contributed by atoms with E-state index >= 15 is 0 Å². The van der Waals surface area contributed by atoms with Crippen LogP contribution in [0.25, 0.3) is 0 Å². The van der Waals surface area contributed by atoms with Crippen LogP contribution in [0.3, 0.4) is 0 Å². The third kappa shape index (κ3) is 6.72. The minimum Gasteiger partial charge on any atom is -0.324 e. The summed E-state index contributed by atoms with van der Waals surface area (Å²) in [6.45, 7) is 0. The molecule has 0 radical (unpaired) electrons. The fourth-order valence-electron chi connectivity index (χ4n) is 2.76. The van der Waals surface area contributed by atoms with E-state index in [4.69, 9.17) is 11.6 Å². The number of halogens is 4. The first-order valence-electron chi connectivity index (χ1n) is 9.48.